The van der Waals surface area contributed by atoms with Crippen LogP contribution in [0.15, 0.2) is 24.3 Å². The van der Waals surface area contributed by atoms with Gasteiger partial charge in [-0.05, 0) is 44.5 Å². The Balaban J connectivity index is 2.27. The van der Waals surface area contributed by atoms with Gasteiger partial charge < -0.3 is 14.8 Å². The predicted molar refractivity (Wildman–Crippen MR) is 68.4 cm³/mol. The van der Waals surface area contributed by atoms with Crippen LogP contribution in [0.5, 0.6) is 5.75 Å². The van der Waals surface area contributed by atoms with Crippen molar-refractivity contribution in [3.8, 4) is 5.75 Å². The van der Waals surface area contributed by atoms with Crippen LogP contribution >= 0.6 is 0 Å². The van der Waals surface area contributed by atoms with Gasteiger partial charge in [0.2, 0.25) is 0 Å². The average Bonchev–Trinajstić information content (AvgIpc) is 2.39. The first-order valence-corrected chi connectivity index (χ1v) is 6.16. The molecule has 0 bridgehead atoms. The van der Waals surface area contributed by atoms with Crippen molar-refractivity contribution in [3.63, 3.8) is 0 Å². The molecule has 2 atom stereocenters. The van der Waals surface area contributed by atoms with Crippen LogP contribution in [0.2, 0.25) is 0 Å². The van der Waals surface area contributed by atoms with E-state index in [0.717, 1.165) is 25.2 Å². The number of hydrogen-bond donors (Lipinski definition) is 1. The molecule has 0 spiro atoms. The van der Waals surface area contributed by atoms with Crippen molar-refractivity contribution in [2.75, 3.05) is 20.8 Å². The molecule has 1 N–H and O–H groups in total. The molecule has 1 fully saturated rings. The molecule has 0 radical (unpaired) electrons. The second kappa shape index (κ2) is 5.07. The van der Waals surface area contributed by atoms with Crippen LogP contribution in [-0.2, 0) is 10.3 Å². The highest BCUT2D eigenvalue weighted by atomic mass is 16.5. The fourth-order valence-electron chi connectivity index (χ4n) is 2.57. The molecule has 1 aliphatic heterocycles. The Morgan fingerprint density at radius 1 is 1.35 bits per heavy atom. The molecule has 3 nitrogen and oxygen atoms in total. The quantitative estimate of drug-likeness (QED) is 0.872. The van der Waals surface area contributed by atoms with Crippen LogP contribution in [0.4, 0.5) is 0 Å². The Hall–Kier alpha value is -1.06. The van der Waals surface area contributed by atoms with E-state index < -0.39 is 0 Å². The van der Waals surface area contributed by atoms with Crippen LogP contribution in [-0.4, -0.2) is 26.8 Å². The van der Waals surface area contributed by atoms with E-state index in [2.05, 4.69) is 24.4 Å². The lowest BCUT2D eigenvalue weighted by molar-refractivity contribution is -0.0922. The highest BCUT2D eigenvalue weighted by Gasteiger charge is 2.38. The fraction of sp³-hybridized carbons (Fsp3) is 0.571. The summed E-state index contributed by atoms with van der Waals surface area (Å²) in [5.41, 5.74) is 0.969. The molecule has 1 heterocycles. The van der Waals surface area contributed by atoms with Gasteiger partial charge in [-0.3, -0.25) is 0 Å². The zero-order valence-corrected chi connectivity index (χ0v) is 10.8. The molecule has 1 saturated heterocycles. The average molecular weight is 235 g/mol. The molecular formula is C14H21NO2. The van der Waals surface area contributed by atoms with Gasteiger partial charge in [-0.2, -0.15) is 0 Å². The number of ether oxygens (including phenoxy) is 2. The van der Waals surface area contributed by atoms with Crippen LogP contribution in [0.1, 0.15) is 25.3 Å². The van der Waals surface area contributed by atoms with Gasteiger partial charge >= 0.3 is 0 Å². The molecule has 1 aromatic rings. The Morgan fingerprint density at radius 3 is 2.65 bits per heavy atom. The predicted octanol–water partition coefficient (Wildman–Crippen LogP) is 2.31. The summed E-state index contributed by atoms with van der Waals surface area (Å²) < 4.78 is 11.2. The maximum atomic E-state index is 6.03. The van der Waals surface area contributed by atoms with Gasteiger partial charge in [0.25, 0.3) is 0 Å². The van der Waals surface area contributed by atoms with Crippen molar-refractivity contribution in [2.45, 2.75) is 31.4 Å². The summed E-state index contributed by atoms with van der Waals surface area (Å²) in [6.45, 7) is 3.00. The molecule has 0 amide bonds. The molecule has 1 aromatic carbocycles. The topological polar surface area (TPSA) is 30.5 Å². The van der Waals surface area contributed by atoms with Crippen molar-refractivity contribution in [2.24, 2.45) is 0 Å². The van der Waals surface area contributed by atoms with Crippen LogP contribution in [0.25, 0.3) is 0 Å². The molecule has 94 valence electrons. The van der Waals surface area contributed by atoms with E-state index in [1.54, 1.807) is 7.11 Å². The van der Waals surface area contributed by atoms with Crippen LogP contribution in [0.3, 0.4) is 0 Å². The Labute approximate surface area is 103 Å². The smallest absolute Gasteiger partial charge is 0.118 e. The maximum Gasteiger partial charge on any atom is 0.118 e. The molecule has 17 heavy (non-hydrogen) atoms. The van der Waals surface area contributed by atoms with Crippen LogP contribution in [0, 0.1) is 0 Å². The lowest BCUT2D eigenvalue weighted by Crippen LogP contribution is -2.50. The lowest BCUT2D eigenvalue weighted by Gasteiger charge is -2.41. The van der Waals surface area contributed by atoms with Gasteiger partial charge in [0.15, 0.2) is 0 Å². The standard InChI is InChI=1S/C14H21NO2/c1-14(13(15-2)5-4-10-17-14)11-6-8-12(16-3)9-7-11/h6-9,13,15H,4-5,10H2,1-3H3. The normalized spacial score (nSPS) is 29.0. The number of nitrogens with one attached hydrogen (secondary N) is 1. The maximum absolute atomic E-state index is 6.03. The Bertz CT molecular complexity index is 363. The molecule has 0 aromatic heterocycles. The third kappa shape index (κ3) is 2.31. The van der Waals surface area contributed by atoms with Gasteiger partial charge in [0.1, 0.15) is 11.4 Å². The van der Waals surface area contributed by atoms with E-state index in [1.165, 1.54) is 5.56 Å². The fourth-order valence-corrected chi connectivity index (χ4v) is 2.57. The van der Waals surface area contributed by atoms with E-state index in [-0.39, 0.29) is 5.60 Å². The van der Waals surface area contributed by atoms with Crippen LogP contribution < -0.4 is 10.1 Å². The first kappa shape index (κ1) is 12.4. The summed E-state index contributed by atoms with van der Waals surface area (Å²) >= 11 is 0. The molecule has 1 aliphatic rings. The van der Waals surface area contributed by atoms with Crippen molar-refractivity contribution < 1.29 is 9.47 Å². The summed E-state index contributed by atoms with van der Waals surface area (Å²) in [6.07, 6.45) is 2.27. The van der Waals surface area contributed by atoms with Gasteiger partial charge in [-0.15, -0.1) is 0 Å². The molecule has 0 aliphatic carbocycles. The third-order valence-electron chi connectivity index (χ3n) is 3.72. The van der Waals surface area contributed by atoms with E-state index in [1.807, 2.05) is 19.2 Å². The number of rotatable bonds is 3. The van der Waals surface area contributed by atoms with Crippen molar-refractivity contribution in [3.05, 3.63) is 29.8 Å². The van der Waals surface area contributed by atoms with E-state index in [0.29, 0.717) is 6.04 Å². The number of likely N-dealkylation sites (N-methyl/N-ethyl adjacent to an activating group) is 1. The summed E-state index contributed by atoms with van der Waals surface area (Å²) in [4.78, 5) is 0. The number of benzene rings is 1. The number of hydrogen-bond acceptors (Lipinski definition) is 3. The minimum atomic E-state index is -0.237. The van der Waals surface area contributed by atoms with E-state index in [9.17, 15) is 0 Å². The van der Waals surface area contributed by atoms with Crippen molar-refractivity contribution in [1.82, 2.24) is 5.32 Å². The Kier molecular flexibility index (Phi) is 3.69. The number of methoxy groups -OCH3 is 1. The van der Waals surface area contributed by atoms with E-state index >= 15 is 0 Å². The SMILES string of the molecule is CNC1CCCOC1(C)c1ccc(OC)cc1. The third-order valence-corrected chi connectivity index (χ3v) is 3.72. The Morgan fingerprint density at radius 2 is 2.06 bits per heavy atom. The second-order valence-electron chi connectivity index (χ2n) is 4.67. The first-order valence-electron chi connectivity index (χ1n) is 6.16. The molecular weight excluding hydrogens is 214 g/mol. The van der Waals surface area contributed by atoms with E-state index in [4.69, 9.17) is 9.47 Å². The lowest BCUT2D eigenvalue weighted by atomic mass is 9.83. The summed E-state index contributed by atoms with van der Waals surface area (Å²) in [5.74, 6) is 0.883. The first-order chi connectivity index (χ1) is 8.20. The minimum Gasteiger partial charge on any atom is -0.497 e. The zero-order valence-electron chi connectivity index (χ0n) is 10.8. The van der Waals surface area contributed by atoms with Crippen molar-refractivity contribution in [1.29, 1.82) is 0 Å². The van der Waals surface area contributed by atoms with Gasteiger partial charge in [0, 0.05) is 12.6 Å². The second-order valence-corrected chi connectivity index (χ2v) is 4.67. The summed E-state index contributed by atoms with van der Waals surface area (Å²) in [7, 11) is 3.69. The highest BCUT2D eigenvalue weighted by Crippen LogP contribution is 2.35. The van der Waals surface area contributed by atoms with Gasteiger partial charge in [0.05, 0.1) is 7.11 Å². The van der Waals surface area contributed by atoms with Gasteiger partial charge in [-0.1, -0.05) is 12.1 Å². The molecule has 3 heteroatoms. The summed E-state index contributed by atoms with van der Waals surface area (Å²) in [5, 5.41) is 3.37. The molecule has 2 rings (SSSR count). The largest absolute Gasteiger partial charge is 0.497 e. The monoisotopic (exact) mass is 235 g/mol. The summed E-state index contributed by atoms with van der Waals surface area (Å²) in [6, 6.07) is 8.53. The van der Waals surface area contributed by atoms with Gasteiger partial charge in [-0.25, -0.2) is 0 Å². The van der Waals surface area contributed by atoms with Crippen molar-refractivity contribution >= 4 is 0 Å². The zero-order chi connectivity index (χ0) is 12.3. The molecule has 2 unspecified atom stereocenters. The highest BCUT2D eigenvalue weighted by molar-refractivity contribution is 5.32. The minimum absolute atomic E-state index is 0.237. The molecule has 0 saturated carbocycles.